The van der Waals surface area contributed by atoms with E-state index in [4.69, 9.17) is 5.73 Å². The fraction of sp³-hybridized carbons (Fsp3) is 0.333. The monoisotopic (exact) mass is 294 g/mol. The van der Waals surface area contributed by atoms with Crippen molar-refractivity contribution in [3.8, 4) is 0 Å². The number of anilines is 1. The van der Waals surface area contributed by atoms with Crippen LogP contribution in [0.25, 0.3) is 0 Å². The average molecular weight is 295 g/mol. The van der Waals surface area contributed by atoms with Gasteiger partial charge in [-0.3, -0.25) is 4.98 Å². The van der Waals surface area contributed by atoms with E-state index in [0.717, 1.165) is 6.20 Å². The fourth-order valence-corrected chi connectivity index (χ4v) is 1.79. The minimum Gasteiger partial charge on any atom is -0.465 e. The molecule has 0 aromatic carbocycles. The van der Waals surface area contributed by atoms with E-state index in [-0.39, 0.29) is 22.1 Å². The third-order valence-corrected chi connectivity index (χ3v) is 2.57. The Morgan fingerprint density at radius 3 is 2.75 bits per heavy atom. The van der Waals surface area contributed by atoms with Crippen molar-refractivity contribution in [2.75, 3.05) is 12.8 Å². The Bertz CT molecular complexity index is 413. The Morgan fingerprint density at radius 1 is 1.69 bits per heavy atom. The van der Waals surface area contributed by atoms with E-state index in [0.29, 0.717) is 0 Å². The normalized spacial score (nSPS) is 10.6. The third kappa shape index (κ3) is 2.29. The Balaban J connectivity index is 3.35. The molecule has 1 aromatic rings. The van der Waals surface area contributed by atoms with Crippen LogP contribution in [0.5, 0.6) is 0 Å². The number of nitrogen functional groups attached to an aromatic ring is 1. The highest BCUT2D eigenvalue weighted by molar-refractivity contribution is 9.08. The number of rotatable bonds is 3. The minimum absolute atomic E-state index is 0.0845. The zero-order valence-corrected chi connectivity index (χ0v) is 9.92. The van der Waals surface area contributed by atoms with E-state index in [1.165, 1.54) is 7.11 Å². The summed E-state index contributed by atoms with van der Waals surface area (Å²) in [5.74, 6) is -0.658. The van der Waals surface area contributed by atoms with Crippen molar-refractivity contribution in [1.29, 1.82) is 0 Å². The summed E-state index contributed by atoms with van der Waals surface area (Å²) >= 11 is 3.08. The maximum atomic E-state index is 12.5. The number of alkyl halides is 3. The van der Waals surface area contributed by atoms with Crippen LogP contribution < -0.4 is 5.73 Å². The zero-order valence-electron chi connectivity index (χ0n) is 8.34. The number of esters is 1. The van der Waals surface area contributed by atoms with E-state index in [2.05, 4.69) is 25.7 Å². The van der Waals surface area contributed by atoms with E-state index in [9.17, 15) is 13.6 Å². The van der Waals surface area contributed by atoms with Gasteiger partial charge in [-0.05, 0) is 0 Å². The Hall–Kier alpha value is -1.24. The summed E-state index contributed by atoms with van der Waals surface area (Å²) in [6.07, 6.45) is -1.73. The number of carbonyl (C=O) groups is 1. The van der Waals surface area contributed by atoms with Crippen LogP contribution >= 0.6 is 15.9 Å². The molecule has 1 aromatic heterocycles. The molecule has 0 aliphatic rings. The summed E-state index contributed by atoms with van der Waals surface area (Å²) < 4.78 is 29.5. The van der Waals surface area contributed by atoms with Crippen molar-refractivity contribution in [3.05, 3.63) is 23.0 Å². The van der Waals surface area contributed by atoms with E-state index in [1.54, 1.807) is 0 Å². The van der Waals surface area contributed by atoms with Crippen LogP contribution in [-0.2, 0) is 10.1 Å². The summed E-state index contributed by atoms with van der Waals surface area (Å²) in [6, 6.07) is 0. The second kappa shape index (κ2) is 5.20. The molecule has 0 aliphatic carbocycles. The molecule has 2 N–H and O–H groups in total. The van der Waals surface area contributed by atoms with Gasteiger partial charge in [0.05, 0.1) is 18.4 Å². The number of hydrogen-bond donors (Lipinski definition) is 1. The Kier molecular flexibility index (Phi) is 4.17. The van der Waals surface area contributed by atoms with E-state index in [1.807, 2.05) is 0 Å². The average Bonchev–Trinajstić information content (AvgIpc) is 2.26. The number of pyridine rings is 1. The standard InChI is InChI=1S/C9H9BrF2N2O2/c1-16-9(15)5-3-14-7(8(11)12)6(13)4(5)2-10/h3,8H,2,13H2,1H3. The molecule has 0 amide bonds. The highest BCUT2D eigenvalue weighted by Crippen LogP contribution is 2.29. The van der Waals surface area contributed by atoms with Gasteiger partial charge in [-0.1, -0.05) is 15.9 Å². The van der Waals surface area contributed by atoms with Crippen LogP contribution in [0.3, 0.4) is 0 Å². The van der Waals surface area contributed by atoms with Crippen molar-refractivity contribution in [3.63, 3.8) is 0 Å². The number of halogens is 3. The molecule has 0 radical (unpaired) electrons. The summed E-state index contributed by atoms with van der Waals surface area (Å²) in [5.41, 5.74) is 5.14. The molecule has 0 bridgehead atoms. The predicted molar refractivity (Wildman–Crippen MR) is 57.6 cm³/mol. The van der Waals surface area contributed by atoms with Crippen molar-refractivity contribution < 1.29 is 18.3 Å². The van der Waals surface area contributed by atoms with Crippen LogP contribution in [0.1, 0.15) is 28.0 Å². The van der Waals surface area contributed by atoms with Crippen LogP contribution in [0.15, 0.2) is 6.20 Å². The maximum absolute atomic E-state index is 12.5. The van der Waals surface area contributed by atoms with Gasteiger partial charge in [0.15, 0.2) is 0 Å². The third-order valence-electron chi connectivity index (χ3n) is 2.00. The summed E-state index contributed by atoms with van der Waals surface area (Å²) in [4.78, 5) is 14.8. The lowest BCUT2D eigenvalue weighted by atomic mass is 10.1. The number of hydrogen-bond acceptors (Lipinski definition) is 4. The van der Waals surface area contributed by atoms with Crippen LogP contribution in [0, 0.1) is 0 Å². The molecule has 0 atom stereocenters. The van der Waals surface area contributed by atoms with Gasteiger partial charge in [0.1, 0.15) is 5.69 Å². The molecule has 4 nitrogen and oxygen atoms in total. The molecule has 1 heterocycles. The second-order valence-corrected chi connectivity index (χ2v) is 3.44. The smallest absolute Gasteiger partial charge is 0.339 e. The van der Waals surface area contributed by atoms with Gasteiger partial charge in [0.25, 0.3) is 6.43 Å². The fourth-order valence-electron chi connectivity index (χ4n) is 1.18. The second-order valence-electron chi connectivity index (χ2n) is 2.88. The molecule has 0 spiro atoms. The number of carbonyl (C=O) groups excluding carboxylic acids is 1. The number of methoxy groups -OCH3 is 1. The molecule has 0 fully saturated rings. The topological polar surface area (TPSA) is 65.2 Å². The summed E-state index contributed by atoms with van der Waals surface area (Å²) in [7, 11) is 1.19. The van der Waals surface area contributed by atoms with E-state index < -0.39 is 18.1 Å². The number of aromatic nitrogens is 1. The van der Waals surface area contributed by atoms with Crippen LogP contribution in [-0.4, -0.2) is 18.1 Å². The molecule has 0 unspecified atom stereocenters. The lowest BCUT2D eigenvalue weighted by molar-refractivity contribution is 0.0598. The van der Waals surface area contributed by atoms with Gasteiger partial charge < -0.3 is 10.5 Å². The number of ether oxygens (including phenoxy) is 1. The molecule has 7 heteroatoms. The van der Waals surface area contributed by atoms with Crippen molar-refractivity contribution in [2.45, 2.75) is 11.8 Å². The van der Waals surface area contributed by atoms with Crippen molar-refractivity contribution in [1.82, 2.24) is 4.98 Å². The first-order valence-electron chi connectivity index (χ1n) is 4.22. The van der Waals surface area contributed by atoms with Crippen molar-refractivity contribution in [2.24, 2.45) is 0 Å². The maximum Gasteiger partial charge on any atom is 0.339 e. The molecule has 0 saturated heterocycles. The molecule has 88 valence electrons. The zero-order chi connectivity index (χ0) is 12.3. The summed E-state index contributed by atoms with van der Waals surface area (Å²) in [6.45, 7) is 0. The largest absolute Gasteiger partial charge is 0.465 e. The molecular formula is C9H9BrF2N2O2. The molecule has 16 heavy (non-hydrogen) atoms. The molecule has 1 rings (SSSR count). The van der Waals surface area contributed by atoms with Crippen LogP contribution in [0.2, 0.25) is 0 Å². The number of nitrogens with two attached hydrogens (primary N) is 1. The highest BCUT2D eigenvalue weighted by Gasteiger charge is 2.21. The summed E-state index contributed by atoms with van der Waals surface area (Å²) in [5, 5.41) is 0.172. The van der Waals surface area contributed by atoms with E-state index >= 15 is 0 Å². The van der Waals surface area contributed by atoms with Gasteiger partial charge in [0, 0.05) is 17.1 Å². The Morgan fingerprint density at radius 2 is 2.31 bits per heavy atom. The lowest BCUT2D eigenvalue weighted by Crippen LogP contribution is -2.11. The number of nitrogens with zero attached hydrogens (tertiary/aromatic N) is 1. The first-order chi connectivity index (χ1) is 7.52. The Labute approximate surface area is 98.9 Å². The lowest BCUT2D eigenvalue weighted by Gasteiger charge is -2.11. The van der Waals surface area contributed by atoms with Gasteiger partial charge >= 0.3 is 5.97 Å². The molecular weight excluding hydrogens is 286 g/mol. The quantitative estimate of drug-likeness (QED) is 0.686. The van der Waals surface area contributed by atoms with Crippen molar-refractivity contribution >= 4 is 27.6 Å². The molecule has 0 aliphatic heterocycles. The SMILES string of the molecule is COC(=O)c1cnc(C(F)F)c(N)c1CBr. The minimum atomic E-state index is -2.77. The predicted octanol–water partition coefficient (Wildman–Crippen LogP) is 2.28. The van der Waals surface area contributed by atoms with Gasteiger partial charge in [-0.2, -0.15) is 0 Å². The van der Waals surface area contributed by atoms with Gasteiger partial charge in [0.2, 0.25) is 0 Å². The highest BCUT2D eigenvalue weighted by atomic mass is 79.9. The van der Waals surface area contributed by atoms with Crippen LogP contribution in [0.4, 0.5) is 14.5 Å². The first-order valence-corrected chi connectivity index (χ1v) is 5.34. The first kappa shape index (κ1) is 12.8. The molecule has 0 saturated carbocycles. The van der Waals surface area contributed by atoms with Gasteiger partial charge in [-0.15, -0.1) is 0 Å². The van der Waals surface area contributed by atoms with Gasteiger partial charge in [-0.25, -0.2) is 13.6 Å².